The minimum Gasteiger partial charge on any atom is -0.493 e. The molecule has 23 heavy (non-hydrogen) atoms. The summed E-state index contributed by atoms with van der Waals surface area (Å²) in [5.41, 5.74) is -0.378. The maximum atomic E-state index is 11.8. The number of carbonyl (C=O) groups excluding carboxylic acids is 1. The lowest BCUT2D eigenvalue weighted by Gasteiger charge is -2.07. The van der Waals surface area contributed by atoms with Crippen molar-refractivity contribution in [1.29, 1.82) is 0 Å². The van der Waals surface area contributed by atoms with Crippen LogP contribution in [0.4, 0.5) is 0 Å². The van der Waals surface area contributed by atoms with Gasteiger partial charge in [0.15, 0.2) is 11.5 Å². The fourth-order valence-corrected chi connectivity index (χ4v) is 1.79. The van der Waals surface area contributed by atoms with E-state index in [-0.39, 0.29) is 18.7 Å². The van der Waals surface area contributed by atoms with Crippen LogP contribution in [0.2, 0.25) is 0 Å². The zero-order valence-corrected chi connectivity index (χ0v) is 12.6. The second kappa shape index (κ2) is 8.29. The molecule has 1 aromatic heterocycles. The first-order valence-electron chi connectivity index (χ1n) is 6.90. The van der Waals surface area contributed by atoms with Crippen LogP contribution < -0.4 is 20.3 Å². The molecule has 6 heteroatoms. The van der Waals surface area contributed by atoms with E-state index >= 15 is 0 Å². The highest BCUT2D eigenvalue weighted by Gasteiger charge is 2.07. The van der Waals surface area contributed by atoms with Crippen molar-refractivity contribution < 1.29 is 14.3 Å². The maximum Gasteiger partial charge on any atom is 0.260 e. The van der Waals surface area contributed by atoms with Crippen LogP contribution in [0.15, 0.2) is 47.4 Å². The van der Waals surface area contributed by atoms with Gasteiger partial charge in [0.2, 0.25) is 0 Å². The van der Waals surface area contributed by atoms with Crippen LogP contribution in [-0.4, -0.2) is 31.2 Å². The molecule has 0 aliphatic heterocycles. The van der Waals surface area contributed by atoms with E-state index in [1.54, 1.807) is 25.3 Å². The van der Waals surface area contributed by atoms with E-state index in [2.05, 4.69) is 22.1 Å². The average molecular weight is 312 g/mol. The van der Waals surface area contributed by atoms with Crippen molar-refractivity contribution in [3.8, 4) is 23.3 Å². The van der Waals surface area contributed by atoms with E-state index < -0.39 is 11.5 Å². The van der Waals surface area contributed by atoms with E-state index in [9.17, 15) is 9.59 Å². The highest BCUT2D eigenvalue weighted by atomic mass is 16.5. The van der Waals surface area contributed by atoms with Gasteiger partial charge in [-0.05, 0) is 24.3 Å². The van der Waals surface area contributed by atoms with Crippen LogP contribution in [0.1, 0.15) is 10.4 Å². The summed E-state index contributed by atoms with van der Waals surface area (Å²) in [7, 11) is 1.56. The monoisotopic (exact) mass is 312 g/mol. The topological polar surface area (TPSA) is 80.4 Å². The highest BCUT2D eigenvalue weighted by Crippen LogP contribution is 2.25. The average Bonchev–Trinajstić information content (AvgIpc) is 2.58. The normalized spacial score (nSPS) is 9.43. The van der Waals surface area contributed by atoms with Crippen LogP contribution in [0, 0.1) is 11.8 Å². The standard InChI is InChI=1S/C17H16N2O4/c1-22-14-8-2-3-9-15(14)23-12-5-4-10-18-16(20)13-7-6-11-19-17(13)21/h2-3,6-9,11H,10,12H2,1H3,(H,18,20)(H,19,21). The number of pyridine rings is 1. The van der Waals surface area contributed by atoms with Crippen molar-refractivity contribution in [2.45, 2.75) is 0 Å². The summed E-state index contributed by atoms with van der Waals surface area (Å²) in [5, 5.41) is 2.55. The molecule has 0 aliphatic rings. The molecular weight excluding hydrogens is 296 g/mol. The van der Waals surface area contributed by atoms with Gasteiger partial charge in [-0.1, -0.05) is 24.0 Å². The van der Waals surface area contributed by atoms with Crippen molar-refractivity contribution in [1.82, 2.24) is 10.3 Å². The molecular formula is C17H16N2O4. The Hall–Kier alpha value is -3.20. The molecule has 1 heterocycles. The first kappa shape index (κ1) is 16.2. The SMILES string of the molecule is COc1ccccc1OCC#CCNC(=O)c1ccc[nH]c1=O. The van der Waals surface area contributed by atoms with Gasteiger partial charge in [-0.3, -0.25) is 9.59 Å². The Labute approximate surface area is 133 Å². The molecule has 0 unspecified atom stereocenters. The predicted octanol–water partition coefficient (Wildman–Crippen LogP) is 1.20. The van der Waals surface area contributed by atoms with Gasteiger partial charge in [-0.25, -0.2) is 0 Å². The van der Waals surface area contributed by atoms with Gasteiger partial charge in [0, 0.05) is 6.20 Å². The molecule has 0 spiro atoms. The largest absolute Gasteiger partial charge is 0.493 e. The number of carbonyl (C=O) groups is 1. The summed E-state index contributed by atoms with van der Waals surface area (Å²) in [4.78, 5) is 25.6. The number of amides is 1. The molecule has 0 saturated heterocycles. The molecule has 2 aromatic rings. The van der Waals surface area contributed by atoms with Crippen molar-refractivity contribution in [3.63, 3.8) is 0 Å². The first-order valence-corrected chi connectivity index (χ1v) is 6.90. The van der Waals surface area contributed by atoms with E-state index in [0.717, 1.165) is 0 Å². The van der Waals surface area contributed by atoms with Crippen molar-refractivity contribution in [3.05, 3.63) is 58.5 Å². The van der Waals surface area contributed by atoms with Crippen molar-refractivity contribution in [2.75, 3.05) is 20.3 Å². The van der Waals surface area contributed by atoms with E-state index in [1.807, 2.05) is 12.1 Å². The highest BCUT2D eigenvalue weighted by molar-refractivity contribution is 5.93. The Bertz CT molecular complexity index is 787. The third-order valence-corrected chi connectivity index (χ3v) is 2.89. The van der Waals surface area contributed by atoms with Crippen LogP contribution in [0.3, 0.4) is 0 Å². The number of H-pyrrole nitrogens is 1. The van der Waals surface area contributed by atoms with Crippen LogP contribution >= 0.6 is 0 Å². The fraction of sp³-hybridized carbons (Fsp3) is 0.176. The minimum absolute atomic E-state index is 0.0552. The molecule has 2 rings (SSSR count). The number of hydrogen-bond donors (Lipinski definition) is 2. The Morgan fingerprint density at radius 1 is 1.17 bits per heavy atom. The van der Waals surface area contributed by atoms with Gasteiger partial charge in [-0.2, -0.15) is 0 Å². The molecule has 1 amide bonds. The first-order chi connectivity index (χ1) is 11.2. The molecule has 2 N–H and O–H groups in total. The number of aromatic nitrogens is 1. The number of ether oxygens (including phenoxy) is 2. The molecule has 0 aliphatic carbocycles. The van der Waals surface area contributed by atoms with Gasteiger partial charge in [0.1, 0.15) is 12.2 Å². The molecule has 1 aromatic carbocycles. The van der Waals surface area contributed by atoms with E-state index in [4.69, 9.17) is 9.47 Å². The summed E-state index contributed by atoms with van der Waals surface area (Å²) >= 11 is 0. The number of aromatic amines is 1. The molecule has 0 radical (unpaired) electrons. The molecule has 0 saturated carbocycles. The molecule has 0 atom stereocenters. The van der Waals surface area contributed by atoms with Crippen molar-refractivity contribution >= 4 is 5.91 Å². The maximum absolute atomic E-state index is 11.8. The molecule has 118 valence electrons. The Morgan fingerprint density at radius 3 is 2.70 bits per heavy atom. The summed E-state index contributed by atoms with van der Waals surface area (Å²) in [6.45, 7) is 0.296. The molecule has 6 nitrogen and oxygen atoms in total. The number of methoxy groups -OCH3 is 1. The zero-order valence-electron chi connectivity index (χ0n) is 12.6. The lowest BCUT2D eigenvalue weighted by Crippen LogP contribution is -2.29. The fourth-order valence-electron chi connectivity index (χ4n) is 1.79. The quantitative estimate of drug-likeness (QED) is 0.813. The molecule has 0 bridgehead atoms. The van der Waals surface area contributed by atoms with Gasteiger partial charge in [0.25, 0.3) is 11.5 Å². The molecule has 0 fully saturated rings. The third-order valence-electron chi connectivity index (χ3n) is 2.89. The van der Waals surface area contributed by atoms with Gasteiger partial charge in [0.05, 0.1) is 13.7 Å². The predicted molar refractivity (Wildman–Crippen MR) is 85.7 cm³/mol. The van der Waals surface area contributed by atoms with Gasteiger partial charge in [-0.15, -0.1) is 0 Å². The Morgan fingerprint density at radius 2 is 1.96 bits per heavy atom. The summed E-state index contributed by atoms with van der Waals surface area (Å²) in [6.07, 6.45) is 1.47. The lowest BCUT2D eigenvalue weighted by molar-refractivity contribution is 0.0957. The summed E-state index contributed by atoms with van der Waals surface area (Å²) in [6, 6.07) is 10.3. The Balaban J connectivity index is 1.79. The zero-order chi connectivity index (χ0) is 16.5. The second-order valence-corrected chi connectivity index (χ2v) is 4.39. The second-order valence-electron chi connectivity index (χ2n) is 4.39. The lowest BCUT2D eigenvalue weighted by atomic mass is 10.2. The summed E-state index contributed by atoms with van der Waals surface area (Å²) < 4.78 is 10.6. The smallest absolute Gasteiger partial charge is 0.260 e. The number of hydrogen-bond acceptors (Lipinski definition) is 4. The third kappa shape index (κ3) is 4.64. The Kier molecular flexibility index (Phi) is 5.83. The number of para-hydroxylation sites is 2. The van der Waals surface area contributed by atoms with Gasteiger partial charge < -0.3 is 19.8 Å². The summed E-state index contributed by atoms with van der Waals surface area (Å²) in [5.74, 6) is 6.30. The van der Waals surface area contributed by atoms with Crippen molar-refractivity contribution in [2.24, 2.45) is 0 Å². The number of benzene rings is 1. The van der Waals surface area contributed by atoms with Gasteiger partial charge >= 0.3 is 0 Å². The van der Waals surface area contributed by atoms with Crippen LogP contribution in [0.25, 0.3) is 0 Å². The number of rotatable bonds is 5. The van der Waals surface area contributed by atoms with E-state index in [1.165, 1.54) is 12.3 Å². The van der Waals surface area contributed by atoms with E-state index in [0.29, 0.717) is 11.5 Å². The van der Waals surface area contributed by atoms with Crippen LogP contribution in [0.5, 0.6) is 11.5 Å². The number of nitrogens with one attached hydrogen (secondary N) is 2. The van der Waals surface area contributed by atoms with Crippen LogP contribution in [-0.2, 0) is 0 Å². The minimum atomic E-state index is -0.466.